The minimum Gasteiger partial charge on any atom is -0.464 e. The van der Waals surface area contributed by atoms with E-state index in [1.165, 1.54) is 12.1 Å². The molecule has 212 valence electrons. The van der Waals surface area contributed by atoms with Gasteiger partial charge < -0.3 is 38.3 Å². The van der Waals surface area contributed by atoms with E-state index in [9.17, 15) is 15.2 Å². The van der Waals surface area contributed by atoms with Crippen LogP contribution >= 0.6 is 0 Å². The highest BCUT2D eigenvalue weighted by atomic mass is 16.7. The zero-order valence-electron chi connectivity index (χ0n) is 22.5. The highest BCUT2D eigenvalue weighted by Gasteiger charge is 2.27. The van der Waals surface area contributed by atoms with E-state index in [0.717, 1.165) is 11.1 Å². The first-order chi connectivity index (χ1) is 19.6. The average molecular weight is 552 g/mol. The van der Waals surface area contributed by atoms with Crippen molar-refractivity contribution in [1.29, 1.82) is 5.26 Å². The van der Waals surface area contributed by atoms with Gasteiger partial charge >= 0.3 is 5.97 Å². The zero-order chi connectivity index (χ0) is 28.6. The molecule has 3 aromatic carbocycles. The quantitative estimate of drug-likeness (QED) is 0.150. The summed E-state index contributed by atoms with van der Waals surface area (Å²) < 4.78 is 37.8. The lowest BCUT2D eigenvalue weighted by molar-refractivity contribution is -0.158. The molecule has 0 saturated heterocycles. The van der Waals surface area contributed by atoms with Crippen LogP contribution in [0, 0.1) is 11.3 Å². The van der Waals surface area contributed by atoms with Crippen molar-refractivity contribution in [3.63, 3.8) is 0 Å². The molecule has 1 atom stereocenters. The molecule has 40 heavy (non-hydrogen) atoms. The smallest absolute Gasteiger partial charge is 0.340 e. The first-order valence-corrected chi connectivity index (χ1v) is 12.5. The van der Waals surface area contributed by atoms with Crippen LogP contribution in [-0.4, -0.2) is 65.3 Å². The Labute approximate surface area is 233 Å². The van der Waals surface area contributed by atoms with Crippen LogP contribution in [0.4, 0.5) is 0 Å². The predicted octanol–water partition coefficient (Wildman–Crippen LogP) is 3.92. The number of benzene rings is 3. The van der Waals surface area contributed by atoms with Crippen LogP contribution in [0.15, 0.2) is 72.8 Å². The van der Waals surface area contributed by atoms with Crippen molar-refractivity contribution in [3.05, 3.63) is 95.1 Å². The molecule has 0 fully saturated rings. The Bertz CT molecular complexity index is 1180. The SMILES string of the molecule is COCCOCOc1cc(C(O)C(=O)OC(c2ccccc2)c2ccccc2)cc(C#N)c1OCOCCOC. The van der Waals surface area contributed by atoms with Crippen LogP contribution < -0.4 is 9.47 Å². The molecule has 0 aromatic heterocycles. The van der Waals surface area contributed by atoms with Gasteiger partial charge in [0.25, 0.3) is 0 Å². The molecule has 3 aromatic rings. The van der Waals surface area contributed by atoms with E-state index in [1.54, 1.807) is 14.2 Å². The second kappa shape index (κ2) is 16.9. The van der Waals surface area contributed by atoms with Gasteiger partial charge in [-0.3, -0.25) is 0 Å². The number of nitrogens with zero attached hydrogens (tertiary/aromatic N) is 1. The van der Waals surface area contributed by atoms with Gasteiger partial charge in [-0.25, -0.2) is 4.79 Å². The van der Waals surface area contributed by atoms with E-state index >= 15 is 0 Å². The number of carbonyl (C=O) groups excluding carboxylic acids is 1. The van der Waals surface area contributed by atoms with Crippen molar-refractivity contribution in [2.45, 2.75) is 12.2 Å². The normalized spacial score (nSPS) is 11.6. The minimum absolute atomic E-state index is 0.0225. The van der Waals surface area contributed by atoms with Crippen molar-refractivity contribution in [1.82, 2.24) is 0 Å². The highest BCUT2D eigenvalue weighted by molar-refractivity contribution is 5.77. The van der Waals surface area contributed by atoms with Gasteiger partial charge in [0.05, 0.1) is 32.0 Å². The summed E-state index contributed by atoms with van der Waals surface area (Å²) in [5.74, 6) is -0.747. The number of rotatable bonds is 17. The van der Waals surface area contributed by atoms with Crippen LogP contribution in [0.3, 0.4) is 0 Å². The van der Waals surface area contributed by atoms with Crippen LogP contribution in [0.5, 0.6) is 11.5 Å². The van der Waals surface area contributed by atoms with Gasteiger partial charge in [-0.2, -0.15) is 5.26 Å². The molecule has 0 spiro atoms. The van der Waals surface area contributed by atoms with E-state index in [4.69, 9.17) is 33.2 Å². The predicted molar refractivity (Wildman–Crippen MR) is 144 cm³/mol. The molecule has 0 amide bonds. The van der Waals surface area contributed by atoms with E-state index in [1.807, 2.05) is 66.7 Å². The first-order valence-electron chi connectivity index (χ1n) is 12.5. The van der Waals surface area contributed by atoms with Gasteiger partial charge in [-0.15, -0.1) is 0 Å². The Morgan fingerprint density at radius 2 is 1.35 bits per heavy atom. The Hall–Kier alpha value is -3.98. The maximum Gasteiger partial charge on any atom is 0.340 e. The molecule has 3 rings (SSSR count). The summed E-state index contributed by atoms with van der Waals surface area (Å²) in [6.07, 6.45) is -2.47. The van der Waals surface area contributed by atoms with Gasteiger partial charge in [0.1, 0.15) is 6.07 Å². The lowest BCUT2D eigenvalue weighted by atomic mass is 10.0. The molecule has 0 heterocycles. The molecule has 0 bridgehead atoms. The van der Waals surface area contributed by atoms with E-state index < -0.39 is 18.2 Å². The van der Waals surface area contributed by atoms with Crippen LogP contribution in [0.2, 0.25) is 0 Å². The summed E-state index contributed by atoms with van der Waals surface area (Å²) in [7, 11) is 3.09. The maximum absolute atomic E-state index is 13.2. The topological polar surface area (TPSA) is 126 Å². The number of aliphatic hydroxyl groups excluding tert-OH is 1. The van der Waals surface area contributed by atoms with Gasteiger partial charge in [0.15, 0.2) is 37.3 Å². The van der Waals surface area contributed by atoms with E-state index in [0.29, 0.717) is 13.2 Å². The molecule has 10 heteroatoms. The third-order valence-electron chi connectivity index (χ3n) is 5.62. The van der Waals surface area contributed by atoms with Crippen molar-refractivity contribution in [2.24, 2.45) is 0 Å². The lowest BCUT2D eigenvalue weighted by Gasteiger charge is -2.22. The third kappa shape index (κ3) is 9.05. The maximum atomic E-state index is 13.2. The fourth-order valence-corrected chi connectivity index (χ4v) is 3.63. The summed E-state index contributed by atoms with van der Waals surface area (Å²) in [6, 6.07) is 23.2. The highest BCUT2D eigenvalue weighted by Crippen LogP contribution is 2.36. The molecule has 0 radical (unpaired) electrons. The molecule has 0 aliphatic heterocycles. The van der Waals surface area contributed by atoms with Crippen LogP contribution in [0.1, 0.15) is 34.5 Å². The molecule has 0 aliphatic rings. The first kappa shape index (κ1) is 30.6. The number of hydrogen-bond donors (Lipinski definition) is 1. The Morgan fingerprint density at radius 3 is 1.88 bits per heavy atom. The standard InChI is InChI=1S/C30H33NO9/c1-34-13-15-36-20-38-26-18-24(17-25(19-31)29(26)39-21-37-16-14-35-2)27(32)30(33)40-28(22-9-5-3-6-10-22)23-11-7-4-8-12-23/h3-12,17-18,27-28,32H,13-16,20-21H2,1-2H3. The summed E-state index contributed by atoms with van der Waals surface area (Å²) in [4.78, 5) is 13.2. The van der Waals surface area contributed by atoms with Gasteiger partial charge in [-0.05, 0) is 28.8 Å². The minimum atomic E-state index is -1.72. The number of nitriles is 1. The third-order valence-corrected chi connectivity index (χ3v) is 5.62. The zero-order valence-corrected chi connectivity index (χ0v) is 22.5. The monoisotopic (exact) mass is 551 g/mol. The second-order valence-corrected chi connectivity index (χ2v) is 8.37. The second-order valence-electron chi connectivity index (χ2n) is 8.37. The van der Waals surface area contributed by atoms with Crippen LogP contribution in [-0.2, 0) is 28.5 Å². The van der Waals surface area contributed by atoms with Crippen molar-refractivity contribution in [3.8, 4) is 17.6 Å². The van der Waals surface area contributed by atoms with E-state index in [2.05, 4.69) is 0 Å². The van der Waals surface area contributed by atoms with Gasteiger partial charge in [-0.1, -0.05) is 60.7 Å². The fraction of sp³-hybridized carbons (Fsp3) is 0.333. The summed E-state index contributed by atoms with van der Waals surface area (Å²) >= 11 is 0. The summed E-state index contributed by atoms with van der Waals surface area (Å²) in [6.45, 7) is 0.902. The number of methoxy groups -OCH3 is 2. The number of ether oxygens (including phenoxy) is 7. The Balaban J connectivity index is 1.84. The van der Waals surface area contributed by atoms with Gasteiger partial charge in [0, 0.05) is 14.2 Å². The fourth-order valence-electron chi connectivity index (χ4n) is 3.63. The van der Waals surface area contributed by atoms with Crippen molar-refractivity contribution >= 4 is 5.97 Å². The molecule has 0 aliphatic carbocycles. The van der Waals surface area contributed by atoms with Crippen molar-refractivity contribution in [2.75, 3.05) is 54.2 Å². The van der Waals surface area contributed by atoms with E-state index in [-0.39, 0.29) is 49.4 Å². The number of hydrogen-bond acceptors (Lipinski definition) is 10. The summed E-state index contributed by atoms with van der Waals surface area (Å²) in [5.41, 5.74) is 1.58. The Kier molecular flexibility index (Phi) is 12.9. The number of esters is 1. The lowest BCUT2D eigenvalue weighted by Crippen LogP contribution is -2.20. The summed E-state index contributed by atoms with van der Waals surface area (Å²) in [5, 5.41) is 20.8. The Morgan fingerprint density at radius 1 is 0.800 bits per heavy atom. The molecular formula is C30H33NO9. The largest absolute Gasteiger partial charge is 0.464 e. The molecule has 10 nitrogen and oxygen atoms in total. The average Bonchev–Trinajstić information content (AvgIpc) is 3.00. The molecule has 1 N–H and O–H groups in total. The van der Waals surface area contributed by atoms with Crippen LogP contribution in [0.25, 0.3) is 0 Å². The number of aliphatic hydroxyl groups is 1. The molecular weight excluding hydrogens is 518 g/mol. The van der Waals surface area contributed by atoms with Gasteiger partial charge in [0.2, 0.25) is 0 Å². The molecule has 0 saturated carbocycles. The number of carbonyl (C=O) groups is 1. The van der Waals surface area contributed by atoms with Crippen molar-refractivity contribution < 1.29 is 43.1 Å². The molecule has 1 unspecified atom stereocenters.